The maximum Gasteiger partial charge on any atom is 0.326 e. The summed E-state index contributed by atoms with van der Waals surface area (Å²) in [6.45, 7) is 0.587. The zero-order valence-corrected chi connectivity index (χ0v) is 10.7. The molecule has 5 heteroatoms. The van der Waals surface area contributed by atoms with Gasteiger partial charge in [-0.2, -0.15) is 0 Å². The van der Waals surface area contributed by atoms with Crippen molar-refractivity contribution in [3.63, 3.8) is 0 Å². The van der Waals surface area contributed by atoms with Crippen LogP contribution in [-0.4, -0.2) is 16.7 Å². The summed E-state index contributed by atoms with van der Waals surface area (Å²) in [6, 6.07) is 9.59. The number of nitrogens with one attached hydrogen (secondary N) is 1. The van der Waals surface area contributed by atoms with Crippen molar-refractivity contribution in [2.75, 3.05) is 7.11 Å². The molecule has 0 spiro atoms. The molecule has 0 unspecified atom stereocenters. The topological polar surface area (TPSA) is 47.0 Å². The van der Waals surface area contributed by atoms with Crippen LogP contribution >= 0.6 is 11.3 Å². The highest BCUT2D eigenvalue weighted by atomic mass is 32.1. The van der Waals surface area contributed by atoms with E-state index in [1.807, 2.05) is 35.7 Å². The van der Waals surface area contributed by atoms with Gasteiger partial charge in [0, 0.05) is 10.9 Å². The Labute approximate surface area is 107 Å². The van der Waals surface area contributed by atoms with Crippen LogP contribution in [0.2, 0.25) is 0 Å². The summed E-state index contributed by atoms with van der Waals surface area (Å²) in [5.41, 5.74) is 1.61. The summed E-state index contributed by atoms with van der Waals surface area (Å²) in [5.74, 6) is 0.751. The van der Waals surface area contributed by atoms with Crippen LogP contribution < -0.4 is 10.4 Å². The van der Waals surface area contributed by atoms with Crippen LogP contribution in [0.3, 0.4) is 0 Å². The second-order valence-corrected chi connectivity index (χ2v) is 5.01. The Morgan fingerprint density at radius 3 is 3.00 bits per heavy atom. The molecular formula is C13H12N2O2S. The molecule has 0 atom stereocenters. The Hall–Kier alpha value is -2.01. The molecule has 3 rings (SSSR count). The first-order valence-electron chi connectivity index (χ1n) is 5.57. The van der Waals surface area contributed by atoms with Crippen molar-refractivity contribution in [3.05, 3.63) is 51.1 Å². The molecule has 18 heavy (non-hydrogen) atoms. The van der Waals surface area contributed by atoms with Gasteiger partial charge in [-0.3, -0.25) is 4.57 Å². The average Bonchev–Trinajstić information content (AvgIpc) is 2.99. The molecule has 0 saturated heterocycles. The molecule has 0 aliphatic rings. The lowest BCUT2D eigenvalue weighted by Crippen LogP contribution is -2.16. The maximum absolute atomic E-state index is 11.9. The fourth-order valence-corrected chi connectivity index (χ4v) is 2.67. The molecule has 4 nitrogen and oxygen atoms in total. The minimum absolute atomic E-state index is 0.0911. The average molecular weight is 260 g/mol. The van der Waals surface area contributed by atoms with Gasteiger partial charge in [0.2, 0.25) is 0 Å². The van der Waals surface area contributed by atoms with Gasteiger partial charge in [-0.25, -0.2) is 4.79 Å². The van der Waals surface area contributed by atoms with Crippen molar-refractivity contribution in [2.24, 2.45) is 0 Å². The van der Waals surface area contributed by atoms with Crippen molar-refractivity contribution in [3.8, 4) is 5.75 Å². The van der Waals surface area contributed by atoms with E-state index in [-0.39, 0.29) is 5.69 Å². The lowest BCUT2D eigenvalue weighted by Gasteiger charge is -2.03. The number of H-pyrrole nitrogens is 1. The van der Waals surface area contributed by atoms with E-state index in [0.717, 1.165) is 21.7 Å². The zero-order valence-electron chi connectivity index (χ0n) is 9.84. The second-order valence-electron chi connectivity index (χ2n) is 3.98. The predicted octanol–water partition coefficient (Wildman–Crippen LogP) is 2.45. The molecule has 0 fully saturated rings. The van der Waals surface area contributed by atoms with Gasteiger partial charge in [0.1, 0.15) is 5.75 Å². The van der Waals surface area contributed by atoms with E-state index in [4.69, 9.17) is 4.74 Å². The molecular weight excluding hydrogens is 248 g/mol. The summed E-state index contributed by atoms with van der Waals surface area (Å²) in [5, 5.41) is 2.01. The molecule has 3 aromatic rings. The van der Waals surface area contributed by atoms with Crippen LogP contribution in [0.1, 0.15) is 4.88 Å². The standard InChI is InChI=1S/C13H12N2O2S/c1-17-9-4-5-11-12(7-9)15(13(16)14-11)8-10-3-2-6-18-10/h2-7H,8H2,1H3,(H,14,16). The lowest BCUT2D eigenvalue weighted by atomic mass is 10.3. The minimum atomic E-state index is -0.0911. The Kier molecular flexibility index (Phi) is 2.68. The summed E-state index contributed by atoms with van der Waals surface area (Å²) in [4.78, 5) is 15.9. The third-order valence-corrected chi connectivity index (χ3v) is 3.74. The molecule has 1 N–H and O–H groups in total. The smallest absolute Gasteiger partial charge is 0.326 e. The van der Waals surface area contributed by atoms with Crippen LogP contribution in [0.4, 0.5) is 0 Å². The number of rotatable bonds is 3. The Morgan fingerprint density at radius 2 is 2.28 bits per heavy atom. The highest BCUT2D eigenvalue weighted by Crippen LogP contribution is 2.19. The largest absolute Gasteiger partial charge is 0.497 e. The first-order chi connectivity index (χ1) is 8.78. The van der Waals surface area contributed by atoms with Crippen LogP contribution in [0.25, 0.3) is 11.0 Å². The van der Waals surface area contributed by atoms with Crippen molar-refractivity contribution >= 4 is 22.4 Å². The Morgan fingerprint density at radius 1 is 1.39 bits per heavy atom. The van der Waals surface area contributed by atoms with Crippen molar-refractivity contribution in [1.82, 2.24) is 9.55 Å². The molecule has 0 amide bonds. The number of hydrogen-bond donors (Lipinski definition) is 1. The van der Waals surface area contributed by atoms with Gasteiger partial charge in [-0.1, -0.05) is 6.07 Å². The fourth-order valence-electron chi connectivity index (χ4n) is 1.97. The minimum Gasteiger partial charge on any atom is -0.497 e. The Bertz CT molecular complexity index is 725. The number of fused-ring (bicyclic) bond motifs is 1. The highest BCUT2D eigenvalue weighted by molar-refractivity contribution is 7.09. The molecule has 2 heterocycles. The van der Waals surface area contributed by atoms with Crippen molar-refractivity contribution < 1.29 is 4.74 Å². The first-order valence-corrected chi connectivity index (χ1v) is 6.45. The van der Waals surface area contributed by atoms with E-state index in [1.165, 1.54) is 0 Å². The summed E-state index contributed by atoms with van der Waals surface area (Å²) >= 11 is 1.64. The maximum atomic E-state index is 11.9. The molecule has 92 valence electrons. The van der Waals surface area contributed by atoms with E-state index in [9.17, 15) is 4.79 Å². The summed E-state index contributed by atoms with van der Waals surface area (Å²) in [6.07, 6.45) is 0. The quantitative estimate of drug-likeness (QED) is 0.786. The highest BCUT2D eigenvalue weighted by Gasteiger charge is 2.08. The van der Waals surface area contributed by atoms with Crippen LogP contribution in [-0.2, 0) is 6.54 Å². The van der Waals surface area contributed by atoms with Crippen molar-refractivity contribution in [1.29, 1.82) is 0 Å². The van der Waals surface area contributed by atoms with Crippen molar-refractivity contribution in [2.45, 2.75) is 6.54 Å². The number of nitrogens with zero attached hydrogens (tertiary/aromatic N) is 1. The zero-order chi connectivity index (χ0) is 12.5. The van der Waals surface area contributed by atoms with Crippen LogP contribution in [0.5, 0.6) is 5.75 Å². The molecule has 2 aromatic heterocycles. The molecule has 1 aromatic carbocycles. The van der Waals surface area contributed by atoms with Gasteiger partial charge < -0.3 is 9.72 Å². The third kappa shape index (κ3) is 1.82. The van der Waals surface area contributed by atoms with Gasteiger partial charge in [-0.05, 0) is 23.6 Å². The number of ether oxygens (including phenoxy) is 1. The number of aromatic nitrogens is 2. The van der Waals surface area contributed by atoms with E-state index in [2.05, 4.69) is 4.98 Å². The van der Waals surface area contributed by atoms with Crippen LogP contribution in [0, 0.1) is 0 Å². The molecule has 0 aliphatic heterocycles. The number of benzene rings is 1. The van der Waals surface area contributed by atoms with E-state index >= 15 is 0 Å². The lowest BCUT2D eigenvalue weighted by molar-refractivity contribution is 0.415. The Balaban J connectivity index is 2.14. The number of aromatic amines is 1. The third-order valence-electron chi connectivity index (χ3n) is 2.88. The van der Waals surface area contributed by atoms with Gasteiger partial charge in [-0.15, -0.1) is 11.3 Å². The SMILES string of the molecule is COc1ccc2[nH]c(=O)n(Cc3cccs3)c2c1. The van der Waals surface area contributed by atoms with E-state index in [1.54, 1.807) is 23.0 Å². The normalized spacial score (nSPS) is 10.9. The monoisotopic (exact) mass is 260 g/mol. The molecule has 0 aliphatic carbocycles. The van der Waals surface area contributed by atoms with Gasteiger partial charge in [0.15, 0.2) is 0 Å². The van der Waals surface area contributed by atoms with E-state index < -0.39 is 0 Å². The first kappa shape index (κ1) is 11.1. The fraction of sp³-hybridized carbons (Fsp3) is 0.154. The predicted molar refractivity (Wildman–Crippen MR) is 72.5 cm³/mol. The number of hydrogen-bond acceptors (Lipinski definition) is 3. The molecule has 0 radical (unpaired) electrons. The molecule has 0 bridgehead atoms. The van der Waals surface area contributed by atoms with Gasteiger partial charge in [0.25, 0.3) is 0 Å². The number of imidazole rings is 1. The number of thiophene rings is 1. The van der Waals surface area contributed by atoms with Gasteiger partial charge >= 0.3 is 5.69 Å². The summed E-state index contributed by atoms with van der Waals surface area (Å²) < 4.78 is 6.92. The van der Waals surface area contributed by atoms with E-state index in [0.29, 0.717) is 6.54 Å². The van der Waals surface area contributed by atoms with Crippen LogP contribution in [0.15, 0.2) is 40.5 Å². The van der Waals surface area contributed by atoms with Gasteiger partial charge in [0.05, 0.1) is 24.7 Å². The summed E-state index contributed by atoms with van der Waals surface area (Å²) in [7, 11) is 1.62. The molecule has 0 saturated carbocycles. The second kappa shape index (κ2) is 4.34. The number of methoxy groups -OCH3 is 1.